The molecule has 2 nitrogen and oxygen atoms in total. The number of rotatable bonds is 1. The molecule has 2 unspecified atom stereocenters. The number of aryl methyl sites for hydroxylation is 1. The molecule has 0 spiro atoms. The molecule has 0 saturated carbocycles. The number of amides is 1. The van der Waals surface area contributed by atoms with Crippen molar-refractivity contribution in [2.45, 2.75) is 25.3 Å². The first kappa shape index (κ1) is 14.5. The largest absolute Gasteiger partial charge is 0.301 e. The van der Waals surface area contributed by atoms with Gasteiger partial charge in [0.2, 0.25) is 0 Å². The maximum Gasteiger partial charge on any atom is 0.259 e. The van der Waals surface area contributed by atoms with E-state index < -0.39 is 0 Å². The van der Waals surface area contributed by atoms with Crippen molar-refractivity contribution in [3.05, 3.63) is 101 Å². The first-order chi connectivity index (χ1) is 12.2. The van der Waals surface area contributed by atoms with Gasteiger partial charge in [0.25, 0.3) is 5.91 Å². The van der Waals surface area contributed by atoms with Gasteiger partial charge in [-0.05, 0) is 42.2 Å². The zero-order valence-corrected chi connectivity index (χ0v) is 14.1. The van der Waals surface area contributed by atoms with Crippen LogP contribution < -0.4 is 4.90 Å². The fourth-order valence-corrected chi connectivity index (χ4v) is 4.43. The van der Waals surface area contributed by atoms with E-state index in [1.807, 2.05) is 23.1 Å². The quantitative estimate of drug-likeness (QED) is 0.600. The van der Waals surface area contributed by atoms with Crippen LogP contribution in [0.5, 0.6) is 0 Å². The van der Waals surface area contributed by atoms with E-state index in [-0.39, 0.29) is 11.9 Å². The molecule has 3 aromatic rings. The van der Waals surface area contributed by atoms with Crippen molar-refractivity contribution < 1.29 is 4.79 Å². The monoisotopic (exact) mass is 325 g/mol. The standard InChI is InChI=1S/C23H19NO/c1-15-11-12-21-20(13-15)19(16-7-3-2-4-8-16)14-22-17-9-5-6-10-18(17)23(25)24(21)22/h2-13,19,22H,14H2,1H3. The van der Waals surface area contributed by atoms with E-state index >= 15 is 0 Å². The summed E-state index contributed by atoms with van der Waals surface area (Å²) in [4.78, 5) is 15.1. The molecule has 2 heteroatoms. The van der Waals surface area contributed by atoms with Crippen LogP contribution in [0.1, 0.15) is 51.0 Å². The fraction of sp³-hybridized carbons (Fsp3) is 0.174. The fourth-order valence-electron chi connectivity index (χ4n) is 4.43. The number of hydrogen-bond donors (Lipinski definition) is 0. The van der Waals surface area contributed by atoms with Crippen LogP contribution in [0.2, 0.25) is 0 Å². The summed E-state index contributed by atoms with van der Waals surface area (Å²) >= 11 is 0. The number of benzene rings is 3. The van der Waals surface area contributed by atoms with Crippen molar-refractivity contribution in [3.8, 4) is 0 Å². The number of anilines is 1. The molecule has 5 rings (SSSR count). The van der Waals surface area contributed by atoms with Crippen molar-refractivity contribution in [2.24, 2.45) is 0 Å². The van der Waals surface area contributed by atoms with Crippen LogP contribution >= 0.6 is 0 Å². The lowest BCUT2D eigenvalue weighted by atomic mass is 9.80. The molecule has 0 aromatic heterocycles. The molecule has 0 saturated heterocycles. The van der Waals surface area contributed by atoms with Crippen LogP contribution in [0.3, 0.4) is 0 Å². The van der Waals surface area contributed by atoms with Gasteiger partial charge >= 0.3 is 0 Å². The van der Waals surface area contributed by atoms with Crippen LogP contribution in [0.25, 0.3) is 0 Å². The molecule has 1 amide bonds. The Bertz CT molecular complexity index is 976. The highest BCUT2D eigenvalue weighted by Crippen LogP contribution is 2.51. The average Bonchev–Trinajstić information content (AvgIpc) is 2.94. The van der Waals surface area contributed by atoms with Crippen LogP contribution in [0.4, 0.5) is 5.69 Å². The van der Waals surface area contributed by atoms with Crippen LogP contribution in [-0.2, 0) is 0 Å². The smallest absolute Gasteiger partial charge is 0.259 e. The lowest BCUT2D eigenvalue weighted by Crippen LogP contribution is -2.34. The lowest BCUT2D eigenvalue weighted by Gasteiger charge is -2.37. The maximum atomic E-state index is 13.0. The maximum absolute atomic E-state index is 13.0. The zero-order valence-electron chi connectivity index (χ0n) is 14.1. The second-order valence-corrected chi connectivity index (χ2v) is 7.04. The van der Waals surface area contributed by atoms with Gasteiger partial charge in [0.1, 0.15) is 0 Å². The Morgan fingerprint density at radius 2 is 1.64 bits per heavy atom. The number of nitrogens with zero attached hydrogens (tertiary/aromatic N) is 1. The highest BCUT2D eigenvalue weighted by molar-refractivity contribution is 6.11. The second kappa shape index (κ2) is 5.32. The van der Waals surface area contributed by atoms with Crippen molar-refractivity contribution in [1.29, 1.82) is 0 Å². The summed E-state index contributed by atoms with van der Waals surface area (Å²) in [5.74, 6) is 0.452. The molecule has 3 aromatic carbocycles. The van der Waals surface area contributed by atoms with E-state index in [0.29, 0.717) is 5.92 Å². The third-order valence-electron chi connectivity index (χ3n) is 5.56. The van der Waals surface area contributed by atoms with Gasteiger partial charge in [0.05, 0.1) is 6.04 Å². The van der Waals surface area contributed by atoms with E-state index in [0.717, 1.165) is 17.7 Å². The summed E-state index contributed by atoms with van der Waals surface area (Å²) in [6.07, 6.45) is 0.934. The number of carbonyl (C=O) groups is 1. The van der Waals surface area contributed by atoms with Crippen molar-refractivity contribution in [3.63, 3.8) is 0 Å². The highest BCUT2D eigenvalue weighted by atomic mass is 16.2. The lowest BCUT2D eigenvalue weighted by molar-refractivity contribution is 0.0988. The van der Waals surface area contributed by atoms with Gasteiger partial charge in [0.15, 0.2) is 0 Å². The van der Waals surface area contributed by atoms with E-state index in [9.17, 15) is 4.79 Å². The van der Waals surface area contributed by atoms with E-state index in [4.69, 9.17) is 0 Å². The van der Waals surface area contributed by atoms with Gasteiger partial charge in [-0.25, -0.2) is 0 Å². The average molecular weight is 325 g/mol. The minimum absolute atomic E-state index is 0.129. The third-order valence-corrected chi connectivity index (χ3v) is 5.56. The van der Waals surface area contributed by atoms with Crippen molar-refractivity contribution >= 4 is 11.6 Å². The van der Waals surface area contributed by atoms with Crippen molar-refractivity contribution in [2.75, 3.05) is 4.90 Å². The first-order valence-electron chi connectivity index (χ1n) is 8.82. The van der Waals surface area contributed by atoms with E-state index in [1.54, 1.807) is 0 Å². The first-order valence-corrected chi connectivity index (χ1v) is 8.82. The summed E-state index contributed by atoms with van der Waals surface area (Å²) in [5, 5.41) is 0. The van der Waals surface area contributed by atoms with Gasteiger partial charge in [-0.1, -0.05) is 66.2 Å². The van der Waals surface area contributed by atoms with Gasteiger partial charge in [-0.15, -0.1) is 0 Å². The Balaban J connectivity index is 1.73. The Morgan fingerprint density at radius 1 is 0.880 bits per heavy atom. The molecular weight excluding hydrogens is 306 g/mol. The van der Waals surface area contributed by atoms with Crippen LogP contribution in [0.15, 0.2) is 72.8 Å². The van der Waals surface area contributed by atoms with Crippen molar-refractivity contribution in [1.82, 2.24) is 0 Å². The summed E-state index contributed by atoms with van der Waals surface area (Å²) in [7, 11) is 0. The molecule has 122 valence electrons. The second-order valence-electron chi connectivity index (χ2n) is 7.04. The summed E-state index contributed by atoms with van der Waals surface area (Å²) in [6, 6.07) is 25.3. The summed E-state index contributed by atoms with van der Waals surface area (Å²) in [6.45, 7) is 2.12. The number of hydrogen-bond acceptors (Lipinski definition) is 1. The topological polar surface area (TPSA) is 20.3 Å². The predicted octanol–water partition coefficient (Wildman–Crippen LogP) is 5.23. The zero-order chi connectivity index (χ0) is 17.0. The van der Waals surface area contributed by atoms with Gasteiger partial charge in [-0.3, -0.25) is 4.79 Å². The Morgan fingerprint density at radius 3 is 2.48 bits per heavy atom. The predicted molar refractivity (Wildman–Crippen MR) is 100 cm³/mol. The molecule has 0 fully saturated rings. The van der Waals surface area contributed by atoms with Crippen LogP contribution in [0, 0.1) is 6.92 Å². The van der Waals surface area contributed by atoms with Gasteiger partial charge in [-0.2, -0.15) is 0 Å². The van der Waals surface area contributed by atoms with Crippen LogP contribution in [-0.4, -0.2) is 5.91 Å². The molecule has 0 N–H and O–H groups in total. The molecule has 2 aliphatic rings. The third kappa shape index (κ3) is 2.07. The number of fused-ring (bicyclic) bond motifs is 5. The van der Waals surface area contributed by atoms with E-state index in [1.165, 1.54) is 22.3 Å². The van der Waals surface area contributed by atoms with Gasteiger partial charge < -0.3 is 4.90 Å². The molecule has 2 heterocycles. The summed E-state index contributed by atoms with van der Waals surface area (Å²) < 4.78 is 0. The molecule has 2 atom stereocenters. The molecule has 25 heavy (non-hydrogen) atoms. The summed E-state index contributed by atoms with van der Waals surface area (Å²) in [5.41, 5.74) is 6.92. The Hall–Kier alpha value is -2.87. The minimum atomic E-state index is 0.129. The van der Waals surface area contributed by atoms with E-state index in [2.05, 4.69) is 61.5 Å². The highest BCUT2D eigenvalue weighted by Gasteiger charge is 2.43. The Kier molecular flexibility index (Phi) is 3.08. The number of carbonyl (C=O) groups excluding carboxylic acids is 1. The Labute approximate surface area is 147 Å². The molecule has 0 bridgehead atoms. The SMILES string of the molecule is Cc1ccc2c(c1)C(c1ccccc1)CC1c3ccccc3C(=O)N21. The molecule has 2 aliphatic heterocycles. The minimum Gasteiger partial charge on any atom is -0.301 e. The molecule has 0 aliphatic carbocycles. The van der Waals surface area contributed by atoms with Gasteiger partial charge in [0, 0.05) is 17.2 Å². The molecule has 0 radical (unpaired) electrons. The normalized spacial score (nSPS) is 20.8. The molecular formula is C23H19NO.